The summed E-state index contributed by atoms with van der Waals surface area (Å²) in [5, 5.41) is 0. The second-order valence-corrected chi connectivity index (χ2v) is 18.6. The number of ketones is 2. The van der Waals surface area contributed by atoms with Crippen molar-refractivity contribution in [2.24, 2.45) is 0 Å². The molecule has 9 heteroatoms. The quantitative estimate of drug-likeness (QED) is 0.151. The summed E-state index contributed by atoms with van der Waals surface area (Å²) in [6.45, 7) is 23.8. The second-order valence-electron chi connectivity index (χ2n) is 2.31. The fourth-order valence-electron chi connectivity index (χ4n) is 0.235. The van der Waals surface area contributed by atoms with Gasteiger partial charge in [0.15, 0.2) is 5.78 Å². The summed E-state index contributed by atoms with van der Waals surface area (Å²) in [6, 6.07) is 0. The number of carbonyl (C=O) groups is 3. The SMILES string of the molecule is C.C.C.C/C=C/C(C)=O.CC.CC.CC.CC.CC(C)=O.CC=O.I[I-]I.[B].[B].[B]. The third kappa shape index (κ3) is 1350. The number of Topliss-reactive ketones (excluding diaryl/α,β-unsaturated/α-hetero) is 1. The molecule has 0 saturated heterocycles. The molecule has 0 unspecified atom stereocenters. The van der Waals surface area contributed by atoms with Gasteiger partial charge in [0.25, 0.3) is 0 Å². The predicted molar refractivity (Wildman–Crippen MR) is 164 cm³/mol. The molecule has 0 atom stereocenters. The fraction of sp³-hybridized carbons (Fsp3) is 0.762. The zero-order chi connectivity index (χ0) is 22.0. The van der Waals surface area contributed by atoms with E-state index in [9.17, 15) is 9.59 Å². The van der Waals surface area contributed by atoms with Gasteiger partial charge in [0.2, 0.25) is 0 Å². The molecule has 0 aromatic heterocycles. The van der Waals surface area contributed by atoms with Gasteiger partial charge in [0, 0.05) is 25.2 Å². The summed E-state index contributed by atoms with van der Waals surface area (Å²) in [6.07, 6.45) is 4.00. The van der Waals surface area contributed by atoms with E-state index in [1.165, 1.54) is 33.8 Å². The van der Waals surface area contributed by atoms with Gasteiger partial charge in [-0.05, 0) is 40.7 Å². The van der Waals surface area contributed by atoms with Gasteiger partial charge >= 0.3 is 50.5 Å². The molecule has 0 bridgehead atoms. The monoisotopic (exact) mass is 768 g/mol. The minimum absolute atomic E-state index is 0. The van der Waals surface area contributed by atoms with Crippen molar-refractivity contribution < 1.29 is 27.6 Å². The second kappa shape index (κ2) is 206. The van der Waals surface area contributed by atoms with Crippen LogP contribution in [0.25, 0.3) is 0 Å². The van der Waals surface area contributed by atoms with Gasteiger partial charge in [0.1, 0.15) is 12.1 Å². The third-order valence-electron chi connectivity index (χ3n) is 0.401. The Morgan fingerprint density at radius 3 is 0.767 bits per heavy atom. The largest absolute Gasteiger partial charge is 0 e. The number of rotatable bonds is 1. The van der Waals surface area contributed by atoms with Gasteiger partial charge < -0.3 is 9.59 Å². The van der Waals surface area contributed by atoms with Crippen LogP contribution < -0.4 is 13.3 Å². The number of carbonyl (C=O) groups excluding carboxylic acids is 3. The van der Waals surface area contributed by atoms with Gasteiger partial charge in [-0.15, -0.1) is 0 Å². The van der Waals surface area contributed by atoms with E-state index in [0.29, 0.717) is 13.3 Å². The average Bonchev–Trinajstić information content (AvgIpc) is 2.56. The maximum absolute atomic E-state index is 9.96. The van der Waals surface area contributed by atoms with E-state index in [2.05, 4.69) is 37.2 Å². The molecule has 0 aliphatic heterocycles. The Bertz CT molecular complexity index is 207. The minimum atomic E-state index is 0. The van der Waals surface area contributed by atoms with Crippen LogP contribution >= 0.6 is 37.2 Å². The molecule has 0 aromatic rings. The topological polar surface area (TPSA) is 51.2 Å². The number of hydrogen-bond acceptors (Lipinski definition) is 3. The van der Waals surface area contributed by atoms with Crippen molar-refractivity contribution in [3.8, 4) is 0 Å². The minimum Gasteiger partial charge on any atom is 0 e. The zero-order valence-electron chi connectivity index (χ0n) is 19.8. The van der Waals surface area contributed by atoms with Gasteiger partial charge in [0.05, 0.1) is 0 Å². The Balaban J connectivity index is -0.00000000820. The van der Waals surface area contributed by atoms with Crippen LogP contribution in [0.5, 0.6) is 0 Å². The first-order valence-electron chi connectivity index (χ1n) is 8.21. The van der Waals surface area contributed by atoms with E-state index >= 15 is 0 Å². The first kappa shape index (κ1) is 96.3. The van der Waals surface area contributed by atoms with Gasteiger partial charge in [-0.2, -0.15) is 0 Å². The molecule has 187 valence electrons. The summed E-state index contributed by atoms with van der Waals surface area (Å²) >= 11 is 5.30. The molecular formula is C21H54B3I3O3-. The Kier molecular flexibility index (Phi) is 662. The Labute approximate surface area is 230 Å². The van der Waals surface area contributed by atoms with Crippen molar-refractivity contribution in [2.45, 2.75) is 112 Å². The first-order chi connectivity index (χ1) is 11.3. The Morgan fingerprint density at radius 1 is 0.667 bits per heavy atom. The normalized spacial score (nSPS) is 4.77. The van der Waals surface area contributed by atoms with Crippen LogP contribution in [0.15, 0.2) is 12.2 Å². The summed E-state index contributed by atoms with van der Waals surface area (Å²) in [7, 11) is 0. The van der Waals surface area contributed by atoms with Crippen molar-refractivity contribution in [2.75, 3.05) is 0 Å². The first-order valence-corrected chi connectivity index (χ1v) is 20.8. The van der Waals surface area contributed by atoms with Gasteiger partial charge in [-0.25, -0.2) is 0 Å². The van der Waals surface area contributed by atoms with Crippen LogP contribution in [0.3, 0.4) is 0 Å². The third-order valence-corrected chi connectivity index (χ3v) is 0.401. The Morgan fingerprint density at radius 2 is 0.767 bits per heavy atom. The van der Waals surface area contributed by atoms with E-state index in [1.807, 2.05) is 62.3 Å². The molecule has 0 aromatic carbocycles. The summed E-state index contributed by atoms with van der Waals surface area (Å²) in [5.74, 6) is 0.275. The number of hydrogen-bond donors (Lipinski definition) is 0. The molecule has 0 N–H and O–H groups in total. The number of aldehydes is 1. The van der Waals surface area contributed by atoms with Crippen LogP contribution in [0.1, 0.15) is 112 Å². The molecule has 0 saturated carbocycles. The molecule has 0 aliphatic carbocycles. The molecule has 9 radical (unpaired) electrons. The van der Waals surface area contributed by atoms with Gasteiger partial charge in [-0.3, -0.25) is 4.79 Å². The van der Waals surface area contributed by atoms with E-state index in [-0.39, 0.29) is 59.1 Å². The summed E-state index contributed by atoms with van der Waals surface area (Å²) < 4.78 is 0. The van der Waals surface area contributed by atoms with Crippen LogP contribution in [0, 0.1) is 0 Å². The molecule has 0 amide bonds. The van der Waals surface area contributed by atoms with Crippen molar-refractivity contribution in [1.29, 1.82) is 0 Å². The molecule has 0 spiro atoms. The van der Waals surface area contributed by atoms with Crippen LogP contribution in [0.2, 0.25) is 0 Å². The fourth-order valence-corrected chi connectivity index (χ4v) is 0.235. The summed E-state index contributed by atoms with van der Waals surface area (Å²) in [5.41, 5.74) is 0. The van der Waals surface area contributed by atoms with E-state index in [0.717, 1.165) is 6.29 Å². The number of allylic oxidation sites excluding steroid dienone is 2. The van der Waals surface area contributed by atoms with E-state index in [1.54, 1.807) is 6.08 Å². The smallest absolute Gasteiger partial charge is 0 e. The van der Waals surface area contributed by atoms with Crippen molar-refractivity contribution in [3.63, 3.8) is 0 Å². The van der Waals surface area contributed by atoms with E-state index in [4.69, 9.17) is 4.79 Å². The maximum Gasteiger partial charge on any atom is 0 e. The number of halogens is 3. The van der Waals surface area contributed by atoms with Crippen molar-refractivity contribution in [3.05, 3.63) is 12.2 Å². The molecule has 0 aliphatic rings. The van der Waals surface area contributed by atoms with Crippen molar-refractivity contribution in [1.82, 2.24) is 0 Å². The average molecular weight is 768 g/mol. The molecule has 0 fully saturated rings. The van der Waals surface area contributed by atoms with Crippen LogP contribution in [-0.4, -0.2) is 43.1 Å². The zero-order valence-corrected chi connectivity index (χ0v) is 26.3. The Hall–Kier alpha value is 1.13. The predicted octanol–water partition coefficient (Wildman–Crippen LogP) is 5.60. The van der Waals surface area contributed by atoms with Crippen LogP contribution in [-0.2, 0) is 14.4 Å². The molecular weight excluding hydrogens is 713 g/mol. The molecule has 3 nitrogen and oxygen atoms in total. The van der Waals surface area contributed by atoms with Gasteiger partial charge in [-0.1, -0.05) is 83.7 Å². The molecule has 0 heterocycles. The summed E-state index contributed by atoms with van der Waals surface area (Å²) in [4.78, 5) is 28.2. The maximum atomic E-state index is 9.96. The van der Waals surface area contributed by atoms with Crippen molar-refractivity contribution >= 4 is 80.3 Å². The van der Waals surface area contributed by atoms with Crippen LogP contribution in [0.4, 0.5) is 0 Å². The standard InChI is InChI=1S/C5H8O.C3H6O.C2H4O.4C2H6.3CH4.3B.I3/c1-3-4-5(2)6;1-3(2)4;1-2-3;4*1-2;;;;;;;1-3-2/h3-4H,1-2H3;1-2H3;2H,1H3;4*1-2H3;3*1H4;;;;/q;;;;;;;;;;;;;-1/b4-3+;;;;;;;;;;;;;. The molecule has 30 heavy (non-hydrogen) atoms. The van der Waals surface area contributed by atoms with E-state index < -0.39 is 0 Å². The molecule has 0 rings (SSSR count).